The van der Waals surface area contributed by atoms with Crippen molar-refractivity contribution in [1.29, 1.82) is 0 Å². The molecule has 1 aromatic carbocycles. The zero-order valence-electron chi connectivity index (χ0n) is 9.16. The smallest absolute Gasteiger partial charge is 0.141 e. The zero-order valence-corrected chi connectivity index (χ0v) is 9.91. The van der Waals surface area contributed by atoms with Gasteiger partial charge in [0.05, 0.1) is 6.20 Å². The van der Waals surface area contributed by atoms with Crippen LogP contribution < -0.4 is 5.32 Å². The third-order valence-electron chi connectivity index (χ3n) is 2.31. The van der Waals surface area contributed by atoms with Crippen LogP contribution in [0.4, 0.5) is 4.39 Å². The summed E-state index contributed by atoms with van der Waals surface area (Å²) in [5.74, 6) is -0.313. The van der Waals surface area contributed by atoms with Crippen LogP contribution in [0.15, 0.2) is 42.7 Å². The summed E-state index contributed by atoms with van der Waals surface area (Å²) in [4.78, 5) is 3.79. The maximum atomic E-state index is 12.9. The molecule has 0 aliphatic heterocycles. The molecule has 0 saturated heterocycles. The van der Waals surface area contributed by atoms with Crippen molar-refractivity contribution in [1.82, 2.24) is 10.3 Å². The van der Waals surface area contributed by atoms with E-state index in [1.807, 2.05) is 24.3 Å². The fourth-order valence-corrected chi connectivity index (χ4v) is 1.76. The molecule has 17 heavy (non-hydrogen) atoms. The van der Waals surface area contributed by atoms with Gasteiger partial charge < -0.3 is 5.32 Å². The molecule has 0 amide bonds. The van der Waals surface area contributed by atoms with E-state index in [0.29, 0.717) is 13.1 Å². The molecule has 2 aromatic rings. The molecule has 0 radical (unpaired) electrons. The van der Waals surface area contributed by atoms with Gasteiger partial charge in [0, 0.05) is 24.3 Å². The summed E-state index contributed by atoms with van der Waals surface area (Å²) >= 11 is 5.87. The quantitative estimate of drug-likeness (QED) is 0.902. The Hall–Kier alpha value is -1.45. The zero-order chi connectivity index (χ0) is 12.1. The first-order valence-electron chi connectivity index (χ1n) is 5.28. The van der Waals surface area contributed by atoms with E-state index in [0.717, 1.165) is 16.1 Å². The van der Waals surface area contributed by atoms with Crippen molar-refractivity contribution in [3.8, 4) is 0 Å². The van der Waals surface area contributed by atoms with Crippen LogP contribution in [0.25, 0.3) is 0 Å². The minimum absolute atomic E-state index is 0.313. The van der Waals surface area contributed by atoms with E-state index in [2.05, 4.69) is 10.3 Å². The molecule has 4 heteroatoms. The number of pyridine rings is 1. The Morgan fingerprint density at radius 1 is 1.12 bits per heavy atom. The van der Waals surface area contributed by atoms with Crippen molar-refractivity contribution in [2.24, 2.45) is 0 Å². The van der Waals surface area contributed by atoms with Crippen LogP contribution in [0.5, 0.6) is 0 Å². The summed E-state index contributed by atoms with van der Waals surface area (Å²) < 4.78 is 12.9. The number of hydrogen-bond donors (Lipinski definition) is 1. The lowest BCUT2D eigenvalue weighted by Gasteiger charge is -2.05. The molecule has 88 valence electrons. The normalized spacial score (nSPS) is 10.5. The van der Waals surface area contributed by atoms with Crippen molar-refractivity contribution in [2.75, 3.05) is 0 Å². The van der Waals surface area contributed by atoms with Crippen LogP contribution in [0, 0.1) is 5.82 Å². The van der Waals surface area contributed by atoms with Gasteiger partial charge in [-0.05, 0) is 29.3 Å². The van der Waals surface area contributed by atoms with E-state index < -0.39 is 0 Å². The van der Waals surface area contributed by atoms with Gasteiger partial charge in [0.15, 0.2) is 0 Å². The van der Waals surface area contributed by atoms with E-state index in [-0.39, 0.29) is 5.82 Å². The number of halogens is 2. The highest BCUT2D eigenvalue weighted by Crippen LogP contribution is 2.10. The molecule has 1 N–H and O–H groups in total. The Morgan fingerprint density at radius 3 is 2.71 bits per heavy atom. The van der Waals surface area contributed by atoms with Gasteiger partial charge >= 0.3 is 0 Å². The fraction of sp³-hybridized carbons (Fsp3) is 0.154. The van der Waals surface area contributed by atoms with Crippen LogP contribution in [0.3, 0.4) is 0 Å². The van der Waals surface area contributed by atoms with Crippen molar-refractivity contribution in [2.45, 2.75) is 13.1 Å². The van der Waals surface area contributed by atoms with E-state index in [9.17, 15) is 4.39 Å². The summed E-state index contributed by atoms with van der Waals surface area (Å²) in [6, 6.07) is 9.10. The van der Waals surface area contributed by atoms with Gasteiger partial charge in [-0.3, -0.25) is 4.98 Å². The average molecular weight is 251 g/mol. The van der Waals surface area contributed by atoms with Gasteiger partial charge in [0.1, 0.15) is 5.82 Å². The maximum absolute atomic E-state index is 12.9. The third-order valence-corrected chi connectivity index (χ3v) is 2.54. The number of nitrogens with one attached hydrogen (secondary N) is 1. The molecule has 0 saturated carbocycles. The summed E-state index contributed by atoms with van der Waals surface area (Å²) in [6.45, 7) is 1.27. The Morgan fingerprint density at radius 2 is 1.94 bits per heavy atom. The Kier molecular flexibility index (Phi) is 4.07. The number of aromatic nitrogens is 1. The van der Waals surface area contributed by atoms with Gasteiger partial charge in [0.2, 0.25) is 0 Å². The van der Waals surface area contributed by atoms with Crippen molar-refractivity contribution in [3.63, 3.8) is 0 Å². The molecule has 2 nitrogen and oxygen atoms in total. The van der Waals surface area contributed by atoms with Crippen LogP contribution in [-0.4, -0.2) is 4.98 Å². The summed E-state index contributed by atoms with van der Waals surface area (Å²) in [6.07, 6.45) is 2.84. The summed E-state index contributed by atoms with van der Waals surface area (Å²) in [5, 5.41) is 3.93. The Balaban J connectivity index is 1.87. The minimum Gasteiger partial charge on any atom is -0.309 e. The standard InChI is InChI=1S/C13H12ClFN2/c14-12-3-1-2-10(4-12)6-16-7-11-5-13(15)9-17-8-11/h1-5,8-9,16H,6-7H2. The second kappa shape index (κ2) is 5.75. The molecule has 2 rings (SSSR count). The number of benzene rings is 1. The molecular weight excluding hydrogens is 239 g/mol. The van der Waals surface area contributed by atoms with Crippen LogP contribution in [0.2, 0.25) is 5.02 Å². The maximum Gasteiger partial charge on any atom is 0.141 e. The first-order valence-corrected chi connectivity index (χ1v) is 5.66. The van der Waals surface area contributed by atoms with Crippen LogP contribution in [-0.2, 0) is 13.1 Å². The first kappa shape index (κ1) is 12.0. The monoisotopic (exact) mass is 250 g/mol. The minimum atomic E-state index is -0.313. The fourth-order valence-electron chi connectivity index (χ4n) is 1.55. The van der Waals surface area contributed by atoms with E-state index in [1.54, 1.807) is 6.20 Å². The summed E-state index contributed by atoms with van der Waals surface area (Å²) in [5.41, 5.74) is 1.92. The highest BCUT2D eigenvalue weighted by atomic mass is 35.5. The first-order chi connectivity index (χ1) is 8.24. The summed E-state index contributed by atoms with van der Waals surface area (Å²) in [7, 11) is 0. The van der Waals surface area contributed by atoms with E-state index in [4.69, 9.17) is 11.6 Å². The van der Waals surface area contributed by atoms with Gasteiger partial charge in [-0.25, -0.2) is 4.39 Å². The SMILES string of the molecule is Fc1cncc(CNCc2cccc(Cl)c2)c1. The highest BCUT2D eigenvalue weighted by Gasteiger charge is 1.97. The molecule has 0 aliphatic rings. The van der Waals surface area contributed by atoms with Crippen molar-refractivity contribution < 1.29 is 4.39 Å². The molecule has 0 fully saturated rings. The second-order valence-corrected chi connectivity index (χ2v) is 4.18. The van der Waals surface area contributed by atoms with Gasteiger partial charge in [0.25, 0.3) is 0 Å². The van der Waals surface area contributed by atoms with Gasteiger partial charge in [-0.2, -0.15) is 0 Å². The topological polar surface area (TPSA) is 24.9 Å². The Bertz CT molecular complexity index is 457. The largest absolute Gasteiger partial charge is 0.309 e. The number of nitrogens with zero attached hydrogens (tertiary/aromatic N) is 1. The van der Waals surface area contributed by atoms with Crippen LogP contribution >= 0.6 is 11.6 Å². The van der Waals surface area contributed by atoms with Gasteiger partial charge in [-0.1, -0.05) is 23.7 Å². The second-order valence-electron chi connectivity index (χ2n) is 3.74. The molecule has 1 aromatic heterocycles. The highest BCUT2D eigenvalue weighted by molar-refractivity contribution is 6.30. The number of hydrogen-bond acceptors (Lipinski definition) is 2. The van der Waals surface area contributed by atoms with E-state index >= 15 is 0 Å². The molecule has 0 atom stereocenters. The molecule has 0 unspecified atom stereocenters. The lowest BCUT2D eigenvalue weighted by molar-refractivity contribution is 0.612. The molecule has 1 heterocycles. The van der Waals surface area contributed by atoms with Crippen LogP contribution in [0.1, 0.15) is 11.1 Å². The molecular formula is C13H12ClFN2. The van der Waals surface area contributed by atoms with E-state index in [1.165, 1.54) is 12.3 Å². The lowest BCUT2D eigenvalue weighted by atomic mass is 10.2. The third kappa shape index (κ3) is 3.80. The molecule has 0 bridgehead atoms. The number of rotatable bonds is 4. The predicted molar refractivity (Wildman–Crippen MR) is 66.2 cm³/mol. The van der Waals surface area contributed by atoms with Gasteiger partial charge in [-0.15, -0.1) is 0 Å². The molecule has 0 aliphatic carbocycles. The molecule has 0 spiro atoms. The van der Waals surface area contributed by atoms with Crippen molar-refractivity contribution >= 4 is 11.6 Å². The predicted octanol–water partition coefficient (Wildman–Crippen LogP) is 3.16. The lowest BCUT2D eigenvalue weighted by Crippen LogP contribution is -2.12. The van der Waals surface area contributed by atoms with Crippen molar-refractivity contribution in [3.05, 3.63) is 64.7 Å². The Labute approximate surface area is 104 Å². The average Bonchev–Trinajstić information content (AvgIpc) is 2.29.